The SMILES string of the molecule is C[C@H]1SC2=CC(C(=O)NCCCC(F)(F)F)=CN(Cc3ccc(Cl)cc3)C2C(=O)[C@H]1N.Cl. The van der Waals surface area contributed by atoms with Crippen LogP contribution in [0.2, 0.25) is 5.02 Å². The lowest BCUT2D eigenvalue weighted by Gasteiger charge is -2.41. The molecule has 0 saturated carbocycles. The summed E-state index contributed by atoms with van der Waals surface area (Å²) in [5.74, 6) is -0.614. The standard InChI is InChI=1S/C21H23ClF3N3O2S.ClH/c1-12-17(26)19(29)18-16(31-12)9-14(20(30)27-8-2-7-21(23,24)25)11-28(18)10-13-3-5-15(22)6-4-13;/h3-6,9,11-12,17-18H,2,7-8,10,26H2,1H3,(H,27,30);1H/t12-,17+,18?;/m1./s1. The first-order valence-corrected chi connectivity index (χ1v) is 11.1. The third-order valence-corrected chi connectivity index (χ3v) is 6.62. The van der Waals surface area contributed by atoms with Gasteiger partial charge < -0.3 is 16.0 Å². The van der Waals surface area contributed by atoms with Crippen molar-refractivity contribution in [3.05, 3.63) is 57.6 Å². The Morgan fingerprint density at radius 3 is 2.56 bits per heavy atom. The van der Waals surface area contributed by atoms with Crippen LogP contribution < -0.4 is 11.1 Å². The number of benzene rings is 1. The number of fused-ring (bicyclic) bond motifs is 1. The van der Waals surface area contributed by atoms with Gasteiger partial charge in [-0.3, -0.25) is 9.59 Å². The summed E-state index contributed by atoms with van der Waals surface area (Å²) < 4.78 is 36.9. The Bertz CT molecular complexity index is 907. The molecule has 2 heterocycles. The fourth-order valence-electron chi connectivity index (χ4n) is 3.44. The Hall–Kier alpha value is -1.68. The monoisotopic (exact) mass is 509 g/mol. The smallest absolute Gasteiger partial charge is 0.358 e. The number of Topliss-reactive ketones (excluding diaryl/α,β-unsaturated/α-hetero) is 1. The number of amides is 1. The molecule has 0 aromatic heterocycles. The van der Waals surface area contributed by atoms with Gasteiger partial charge in [-0.05, 0) is 30.2 Å². The molecule has 1 aromatic rings. The van der Waals surface area contributed by atoms with Crippen molar-refractivity contribution in [3.63, 3.8) is 0 Å². The lowest BCUT2D eigenvalue weighted by molar-refractivity contribution is -0.136. The fraction of sp³-hybridized carbons (Fsp3) is 0.429. The molecule has 5 nitrogen and oxygen atoms in total. The molecule has 32 heavy (non-hydrogen) atoms. The van der Waals surface area contributed by atoms with Gasteiger partial charge in [0.25, 0.3) is 5.91 Å². The van der Waals surface area contributed by atoms with E-state index in [0.29, 0.717) is 16.5 Å². The summed E-state index contributed by atoms with van der Waals surface area (Å²) in [6.07, 6.45) is -2.21. The quantitative estimate of drug-likeness (QED) is 0.562. The number of nitrogens with zero attached hydrogens (tertiary/aromatic N) is 1. The maximum atomic E-state index is 12.9. The summed E-state index contributed by atoms with van der Waals surface area (Å²) in [5.41, 5.74) is 7.25. The van der Waals surface area contributed by atoms with E-state index in [0.717, 1.165) is 5.56 Å². The predicted molar refractivity (Wildman–Crippen MR) is 123 cm³/mol. The van der Waals surface area contributed by atoms with Crippen LogP contribution in [0, 0.1) is 0 Å². The molecule has 1 fully saturated rings. The van der Waals surface area contributed by atoms with Crippen molar-refractivity contribution in [1.82, 2.24) is 10.2 Å². The van der Waals surface area contributed by atoms with Gasteiger partial charge in [0, 0.05) is 40.9 Å². The van der Waals surface area contributed by atoms with Gasteiger partial charge >= 0.3 is 6.18 Å². The zero-order valence-electron chi connectivity index (χ0n) is 17.2. The van der Waals surface area contributed by atoms with Gasteiger partial charge in [0.2, 0.25) is 0 Å². The second-order valence-electron chi connectivity index (χ2n) is 7.56. The van der Waals surface area contributed by atoms with Crippen LogP contribution in [0.5, 0.6) is 0 Å². The minimum Gasteiger partial charge on any atom is -0.358 e. The summed E-state index contributed by atoms with van der Waals surface area (Å²) in [6.45, 7) is 2.10. The third kappa shape index (κ3) is 6.66. The number of hydrogen-bond acceptors (Lipinski definition) is 5. The van der Waals surface area contributed by atoms with Crippen molar-refractivity contribution in [3.8, 4) is 0 Å². The second kappa shape index (κ2) is 11.0. The van der Waals surface area contributed by atoms with Gasteiger partial charge in [-0.1, -0.05) is 30.7 Å². The van der Waals surface area contributed by atoms with Gasteiger partial charge in [-0.15, -0.1) is 24.2 Å². The van der Waals surface area contributed by atoms with Crippen LogP contribution in [0.25, 0.3) is 0 Å². The van der Waals surface area contributed by atoms with Gasteiger partial charge in [-0.2, -0.15) is 13.2 Å². The Labute approximate surface area is 200 Å². The molecule has 1 unspecified atom stereocenters. The number of carbonyl (C=O) groups excluding carboxylic acids is 2. The zero-order valence-corrected chi connectivity index (χ0v) is 19.6. The molecule has 2 aliphatic rings. The van der Waals surface area contributed by atoms with E-state index in [1.165, 1.54) is 11.8 Å². The summed E-state index contributed by atoms with van der Waals surface area (Å²) in [6, 6.07) is 5.89. The maximum absolute atomic E-state index is 12.9. The molecule has 1 aromatic carbocycles. The molecule has 0 bridgehead atoms. The van der Waals surface area contributed by atoms with Crippen molar-refractivity contribution >= 4 is 47.5 Å². The molecule has 1 amide bonds. The first-order chi connectivity index (χ1) is 14.5. The Kier molecular flexibility index (Phi) is 9.10. The third-order valence-electron chi connectivity index (χ3n) is 5.09. The number of nitrogens with one attached hydrogen (secondary N) is 1. The highest BCUT2D eigenvalue weighted by Crippen LogP contribution is 2.39. The molecule has 3 atom stereocenters. The highest BCUT2D eigenvalue weighted by Gasteiger charge is 2.42. The molecule has 0 spiro atoms. The normalized spacial score (nSPS) is 23.0. The number of hydrogen-bond donors (Lipinski definition) is 2. The number of rotatable bonds is 6. The van der Waals surface area contributed by atoms with Crippen LogP contribution in [0.4, 0.5) is 13.2 Å². The maximum Gasteiger partial charge on any atom is 0.389 e. The van der Waals surface area contributed by atoms with Crippen LogP contribution in [0.15, 0.2) is 47.0 Å². The van der Waals surface area contributed by atoms with E-state index in [1.54, 1.807) is 29.3 Å². The highest BCUT2D eigenvalue weighted by molar-refractivity contribution is 8.04. The second-order valence-corrected chi connectivity index (χ2v) is 9.45. The zero-order chi connectivity index (χ0) is 22.8. The Morgan fingerprint density at radius 2 is 1.94 bits per heavy atom. The van der Waals surface area contributed by atoms with E-state index in [1.807, 2.05) is 19.1 Å². The van der Waals surface area contributed by atoms with E-state index in [9.17, 15) is 22.8 Å². The molecule has 0 radical (unpaired) electrons. The van der Waals surface area contributed by atoms with Crippen LogP contribution in [-0.4, -0.2) is 46.6 Å². The molecule has 1 saturated heterocycles. The summed E-state index contributed by atoms with van der Waals surface area (Å²) in [5, 5.41) is 2.96. The highest BCUT2D eigenvalue weighted by atomic mass is 35.5. The van der Waals surface area contributed by atoms with Crippen LogP contribution in [0.3, 0.4) is 0 Å². The van der Waals surface area contributed by atoms with Crippen molar-refractivity contribution in [2.24, 2.45) is 5.73 Å². The molecular formula is C21H24Cl2F3N3O2S. The number of nitrogens with two attached hydrogens (primary N) is 1. The summed E-state index contributed by atoms with van der Waals surface area (Å²) in [4.78, 5) is 28.0. The first-order valence-electron chi connectivity index (χ1n) is 9.79. The van der Waals surface area contributed by atoms with Crippen LogP contribution >= 0.6 is 35.8 Å². The van der Waals surface area contributed by atoms with Gasteiger partial charge in [0.1, 0.15) is 6.04 Å². The predicted octanol–water partition coefficient (Wildman–Crippen LogP) is 4.20. The number of halogens is 5. The number of ketones is 1. The molecule has 3 N–H and O–H groups in total. The average molecular weight is 510 g/mol. The van der Waals surface area contributed by atoms with Crippen molar-refractivity contribution in [2.75, 3.05) is 6.54 Å². The minimum atomic E-state index is -4.26. The minimum absolute atomic E-state index is 0. The van der Waals surface area contributed by atoms with Gasteiger partial charge in [0.15, 0.2) is 5.78 Å². The number of thioether (sulfide) groups is 1. The molecule has 2 aliphatic heterocycles. The number of carbonyl (C=O) groups is 2. The van der Waals surface area contributed by atoms with Gasteiger partial charge in [-0.25, -0.2) is 0 Å². The summed E-state index contributed by atoms with van der Waals surface area (Å²) in [7, 11) is 0. The Morgan fingerprint density at radius 1 is 1.28 bits per heavy atom. The van der Waals surface area contributed by atoms with E-state index in [-0.39, 0.29) is 42.0 Å². The van der Waals surface area contributed by atoms with Crippen molar-refractivity contribution in [1.29, 1.82) is 0 Å². The van der Waals surface area contributed by atoms with Crippen LogP contribution in [-0.2, 0) is 16.1 Å². The first kappa shape index (κ1) is 26.6. The fourth-order valence-corrected chi connectivity index (χ4v) is 4.86. The molecule has 176 valence electrons. The van der Waals surface area contributed by atoms with E-state index in [2.05, 4.69) is 5.32 Å². The van der Waals surface area contributed by atoms with Gasteiger partial charge in [0.05, 0.1) is 11.6 Å². The molecule has 11 heteroatoms. The van der Waals surface area contributed by atoms with E-state index >= 15 is 0 Å². The lowest BCUT2D eigenvalue weighted by atomic mass is 9.96. The van der Waals surface area contributed by atoms with Crippen molar-refractivity contribution in [2.45, 2.75) is 49.8 Å². The topological polar surface area (TPSA) is 75.4 Å². The average Bonchev–Trinajstić information content (AvgIpc) is 2.70. The summed E-state index contributed by atoms with van der Waals surface area (Å²) >= 11 is 7.38. The molecular weight excluding hydrogens is 486 g/mol. The largest absolute Gasteiger partial charge is 0.389 e. The van der Waals surface area contributed by atoms with E-state index in [4.69, 9.17) is 17.3 Å². The Balaban J connectivity index is 0.00000363. The molecule has 3 rings (SSSR count). The van der Waals surface area contributed by atoms with Crippen molar-refractivity contribution < 1.29 is 22.8 Å². The van der Waals surface area contributed by atoms with Crippen LogP contribution in [0.1, 0.15) is 25.3 Å². The van der Waals surface area contributed by atoms with E-state index < -0.39 is 30.6 Å². The molecule has 0 aliphatic carbocycles. The number of alkyl halides is 3. The lowest BCUT2D eigenvalue weighted by Crippen LogP contribution is -2.54.